The Kier molecular flexibility index (Phi) is 3.77. The molecule has 2 N–H and O–H groups in total. The van der Waals surface area contributed by atoms with Crippen molar-refractivity contribution in [2.24, 2.45) is 5.73 Å². The molecule has 0 unspecified atom stereocenters. The lowest BCUT2D eigenvalue weighted by atomic mass is 10.1. The highest BCUT2D eigenvalue weighted by molar-refractivity contribution is 5.31. The molecular weight excluding hydrogens is 224 g/mol. The average molecular weight is 244 g/mol. The molecule has 4 nitrogen and oxygen atoms in total. The van der Waals surface area contributed by atoms with Gasteiger partial charge in [0.25, 0.3) is 0 Å². The molecule has 2 aromatic rings. The van der Waals surface area contributed by atoms with Crippen LogP contribution in [0.25, 0.3) is 5.82 Å². The van der Waals surface area contributed by atoms with Gasteiger partial charge < -0.3 is 5.73 Å². The lowest BCUT2D eigenvalue weighted by molar-refractivity contribution is 0.759. The number of nitrogens with two attached hydrogens (primary N) is 1. The van der Waals surface area contributed by atoms with E-state index in [9.17, 15) is 0 Å². The predicted octanol–water partition coefficient (Wildman–Crippen LogP) is 2.41. The zero-order valence-electron chi connectivity index (χ0n) is 11.2. The van der Waals surface area contributed by atoms with E-state index in [4.69, 9.17) is 5.73 Å². The van der Waals surface area contributed by atoms with Gasteiger partial charge in [-0.2, -0.15) is 5.10 Å². The van der Waals surface area contributed by atoms with E-state index in [1.165, 1.54) is 5.69 Å². The summed E-state index contributed by atoms with van der Waals surface area (Å²) in [6.45, 7) is 6.21. The second-order valence-electron chi connectivity index (χ2n) is 4.48. The maximum atomic E-state index is 5.91. The van der Waals surface area contributed by atoms with Gasteiger partial charge in [0.1, 0.15) is 0 Å². The Balaban J connectivity index is 2.47. The normalized spacial score (nSPS) is 12.7. The monoisotopic (exact) mass is 244 g/mol. The topological polar surface area (TPSA) is 56.7 Å². The largest absolute Gasteiger partial charge is 0.324 e. The van der Waals surface area contributed by atoms with Crippen molar-refractivity contribution in [1.82, 2.24) is 14.8 Å². The van der Waals surface area contributed by atoms with Crippen LogP contribution in [0.3, 0.4) is 0 Å². The van der Waals surface area contributed by atoms with Crippen molar-refractivity contribution in [2.75, 3.05) is 0 Å². The summed E-state index contributed by atoms with van der Waals surface area (Å²) in [5, 5.41) is 4.58. The van der Waals surface area contributed by atoms with Gasteiger partial charge in [0.05, 0.1) is 5.69 Å². The quantitative estimate of drug-likeness (QED) is 0.898. The standard InChI is InChI=1S/C14H20N4/c1-4-12-9-13(5-2)18(17-12)14-8-11(10(3)15)6-7-16-14/h6-10H,4-5,15H2,1-3H3/t10-/m1/s1. The third-order valence-corrected chi connectivity index (χ3v) is 3.07. The molecule has 0 fully saturated rings. The molecule has 0 saturated heterocycles. The first-order valence-corrected chi connectivity index (χ1v) is 6.45. The van der Waals surface area contributed by atoms with Gasteiger partial charge in [-0.15, -0.1) is 0 Å². The van der Waals surface area contributed by atoms with Crippen molar-refractivity contribution in [3.8, 4) is 5.82 Å². The molecule has 1 atom stereocenters. The first kappa shape index (κ1) is 12.8. The third kappa shape index (κ3) is 2.43. The summed E-state index contributed by atoms with van der Waals surface area (Å²) < 4.78 is 1.92. The van der Waals surface area contributed by atoms with Crippen molar-refractivity contribution in [2.45, 2.75) is 39.7 Å². The predicted molar refractivity (Wildman–Crippen MR) is 72.7 cm³/mol. The van der Waals surface area contributed by atoms with Gasteiger partial charge in [-0.05, 0) is 43.5 Å². The smallest absolute Gasteiger partial charge is 0.153 e. The summed E-state index contributed by atoms with van der Waals surface area (Å²) in [7, 11) is 0. The molecular formula is C14H20N4. The van der Waals surface area contributed by atoms with Crippen molar-refractivity contribution in [3.05, 3.63) is 41.3 Å². The Morgan fingerprint density at radius 3 is 2.67 bits per heavy atom. The number of hydrogen-bond acceptors (Lipinski definition) is 3. The second-order valence-corrected chi connectivity index (χ2v) is 4.48. The average Bonchev–Trinajstić information content (AvgIpc) is 2.82. The highest BCUT2D eigenvalue weighted by Crippen LogP contribution is 2.16. The molecule has 0 aliphatic carbocycles. The van der Waals surface area contributed by atoms with E-state index >= 15 is 0 Å². The molecule has 2 rings (SSSR count). The first-order chi connectivity index (χ1) is 8.65. The fourth-order valence-corrected chi connectivity index (χ4v) is 1.93. The highest BCUT2D eigenvalue weighted by Gasteiger charge is 2.09. The molecule has 2 heterocycles. The van der Waals surface area contributed by atoms with E-state index in [-0.39, 0.29) is 6.04 Å². The highest BCUT2D eigenvalue weighted by atomic mass is 15.3. The fourth-order valence-electron chi connectivity index (χ4n) is 1.93. The summed E-state index contributed by atoms with van der Waals surface area (Å²) >= 11 is 0. The van der Waals surface area contributed by atoms with Crippen LogP contribution in [0.1, 0.15) is 43.8 Å². The molecule has 0 bridgehead atoms. The van der Waals surface area contributed by atoms with Gasteiger partial charge >= 0.3 is 0 Å². The van der Waals surface area contributed by atoms with Gasteiger partial charge in [0, 0.05) is 17.9 Å². The SMILES string of the molecule is CCc1cc(CC)n(-c2cc([C@@H](C)N)ccn2)n1. The van der Waals surface area contributed by atoms with Crippen LogP contribution in [0, 0.1) is 0 Å². The van der Waals surface area contributed by atoms with Crippen LogP contribution in [-0.2, 0) is 12.8 Å². The molecule has 0 aliphatic rings. The maximum Gasteiger partial charge on any atom is 0.153 e. The van der Waals surface area contributed by atoms with Gasteiger partial charge in [0.2, 0.25) is 0 Å². The molecule has 2 aromatic heterocycles. The molecule has 4 heteroatoms. The summed E-state index contributed by atoms with van der Waals surface area (Å²) in [4.78, 5) is 4.39. The molecule has 18 heavy (non-hydrogen) atoms. The molecule has 0 radical (unpaired) electrons. The Morgan fingerprint density at radius 1 is 1.28 bits per heavy atom. The maximum absolute atomic E-state index is 5.91. The number of hydrogen-bond donors (Lipinski definition) is 1. The summed E-state index contributed by atoms with van der Waals surface area (Å²) in [6.07, 6.45) is 3.67. The molecule has 0 spiro atoms. The van der Waals surface area contributed by atoms with Crippen molar-refractivity contribution in [1.29, 1.82) is 0 Å². The number of aryl methyl sites for hydroxylation is 2. The van der Waals surface area contributed by atoms with Crippen LogP contribution in [0.15, 0.2) is 24.4 Å². The van der Waals surface area contributed by atoms with E-state index in [1.807, 2.05) is 23.7 Å². The molecule has 0 amide bonds. The number of rotatable bonds is 4. The van der Waals surface area contributed by atoms with Crippen LogP contribution in [-0.4, -0.2) is 14.8 Å². The third-order valence-electron chi connectivity index (χ3n) is 3.07. The number of pyridine rings is 1. The zero-order valence-corrected chi connectivity index (χ0v) is 11.2. The van der Waals surface area contributed by atoms with Crippen LogP contribution < -0.4 is 5.73 Å². The molecule has 96 valence electrons. The van der Waals surface area contributed by atoms with E-state index < -0.39 is 0 Å². The summed E-state index contributed by atoms with van der Waals surface area (Å²) in [6, 6.07) is 6.11. The van der Waals surface area contributed by atoms with E-state index in [0.29, 0.717) is 0 Å². The zero-order chi connectivity index (χ0) is 13.1. The minimum absolute atomic E-state index is 0.0121. The van der Waals surface area contributed by atoms with Gasteiger partial charge in [0.15, 0.2) is 5.82 Å². The summed E-state index contributed by atoms with van der Waals surface area (Å²) in [5.74, 6) is 0.848. The Bertz CT molecular complexity index is 528. The van der Waals surface area contributed by atoms with Gasteiger partial charge in [-0.25, -0.2) is 9.67 Å². The fraction of sp³-hybridized carbons (Fsp3) is 0.429. The lowest BCUT2D eigenvalue weighted by Gasteiger charge is -2.09. The molecule has 0 saturated carbocycles. The first-order valence-electron chi connectivity index (χ1n) is 6.45. The van der Waals surface area contributed by atoms with Crippen LogP contribution in [0.2, 0.25) is 0 Å². The lowest BCUT2D eigenvalue weighted by Crippen LogP contribution is -2.09. The van der Waals surface area contributed by atoms with Crippen LogP contribution in [0.4, 0.5) is 0 Å². The Labute approximate surface area is 108 Å². The summed E-state index contributed by atoms with van der Waals surface area (Å²) in [5.41, 5.74) is 9.26. The number of nitrogens with zero attached hydrogens (tertiary/aromatic N) is 3. The van der Waals surface area contributed by atoms with Gasteiger partial charge in [-0.3, -0.25) is 0 Å². The van der Waals surface area contributed by atoms with Crippen LogP contribution in [0.5, 0.6) is 0 Å². The van der Waals surface area contributed by atoms with Gasteiger partial charge in [-0.1, -0.05) is 13.8 Å². The van der Waals surface area contributed by atoms with Crippen molar-refractivity contribution < 1.29 is 0 Å². The minimum Gasteiger partial charge on any atom is -0.324 e. The molecule has 0 aromatic carbocycles. The van der Waals surface area contributed by atoms with E-state index in [0.717, 1.165) is 29.9 Å². The van der Waals surface area contributed by atoms with Crippen molar-refractivity contribution >= 4 is 0 Å². The van der Waals surface area contributed by atoms with E-state index in [1.54, 1.807) is 6.20 Å². The van der Waals surface area contributed by atoms with Crippen LogP contribution >= 0.6 is 0 Å². The van der Waals surface area contributed by atoms with Crippen molar-refractivity contribution in [3.63, 3.8) is 0 Å². The Morgan fingerprint density at radius 2 is 2.06 bits per heavy atom. The minimum atomic E-state index is 0.0121. The van der Waals surface area contributed by atoms with E-state index in [2.05, 4.69) is 30.0 Å². The molecule has 0 aliphatic heterocycles. The Hall–Kier alpha value is -1.68. The number of aromatic nitrogens is 3. The second kappa shape index (κ2) is 5.31.